The molecule has 1 aliphatic carbocycles. The molecule has 1 saturated carbocycles. The second-order valence-corrected chi connectivity index (χ2v) is 13.1. The number of Topliss-reactive ketones (excluding diaryl/α,β-unsaturated/α-hetero) is 1. The van der Waals surface area contributed by atoms with Crippen LogP contribution in [0.5, 0.6) is 0 Å². The molecule has 2 aromatic carbocycles. The van der Waals surface area contributed by atoms with Crippen molar-refractivity contribution in [2.24, 2.45) is 5.92 Å². The van der Waals surface area contributed by atoms with Gasteiger partial charge in [-0.05, 0) is 54.5 Å². The summed E-state index contributed by atoms with van der Waals surface area (Å²) in [5, 5.41) is 17.6. The lowest BCUT2D eigenvalue weighted by Gasteiger charge is -2.14. The summed E-state index contributed by atoms with van der Waals surface area (Å²) in [5.74, 6) is 0.213. The molecule has 0 atom stereocenters. The van der Waals surface area contributed by atoms with E-state index in [1.807, 2.05) is 43.3 Å². The Hall–Kier alpha value is -3.62. The number of tetrazole rings is 1. The third-order valence-electron chi connectivity index (χ3n) is 6.24. The van der Waals surface area contributed by atoms with Gasteiger partial charge in [0.25, 0.3) is 15.0 Å². The number of anilines is 2. The minimum atomic E-state index is -4.10. The average molecular weight is 584 g/mol. The smallest absolute Gasteiger partial charge is 0.307 e. The molecule has 2 amide bonds. The number of carbonyl (C=O) groups excluding carboxylic acids is 2. The van der Waals surface area contributed by atoms with Gasteiger partial charge in [0.1, 0.15) is 0 Å². The van der Waals surface area contributed by atoms with Gasteiger partial charge in [-0.3, -0.25) is 10.1 Å². The summed E-state index contributed by atoms with van der Waals surface area (Å²) in [6, 6.07) is 14.1. The van der Waals surface area contributed by atoms with Crippen molar-refractivity contribution in [2.45, 2.75) is 52.6 Å². The average Bonchev–Trinajstić information content (AvgIpc) is 3.71. The summed E-state index contributed by atoms with van der Waals surface area (Å²) >= 11 is 2.21. The number of rotatable bonds is 9. The zero-order valence-electron chi connectivity index (χ0n) is 20.9. The molecule has 3 N–H and O–H groups in total. The molecule has 0 aliphatic heterocycles. The summed E-state index contributed by atoms with van der Waals surface area (Å²) in [4.78, 5) is 31.5. The molecule has 4 aromatic rings. The third kappa shape index (κ3) is 6.18. The summed E-state index contributed by atoms with van der Waals surface area (Å²) in [7, 11) is -4.10. The molecule has 1 fully saturated rings. The Bertz CT molecular complexity index is 1580. The first-order valence-corrected chi connectivity index (χ1v) is 15.5. The van der Waals surface area contributed by atoms with Crippen LogP contribution in [0.15, 0.2) is 62.8 Å². The number of hydrogen-bond acceptors (Lipinski definition) is 10. The minimum Gasteiger partial charge on any atom is -0.307 e. The van der Waals surface area contributed by atoms with Gasteiger partial charge in [-0.15, -0.1) is 11.8 Å². The quantitative estimate of drug-likeness (QED) is 0.180. The van der Waals surface area contributed by atoms with Gasteiger partial charge in [-0.1, -0.05) is 59.1 Å². The predicted octanol–water partition coefficient (Wildman–Crippen LogP) is 5.11. The van der Waals surface area contributed by atoms with Crippen LogP contribution in [0, 0.1) is 12.8 Å². The van der Waals surface area contributed by atoms with Gasteiger partial charge >= 0.3 is 6.03 Å². The fraction of sp³-hybridized carbons (Fsp3) is 0.280. The van der Waals surface area contributed by atoms with Crippen LogP contribution in [0.1, 0.15) is 47.3 Å². The van der Waals surface area contributed by atoms with Crippen molar-refractivity contribution >= 4 is 55.6 Å². The Labute approximate surface area is 233 Å². The van der Waals surface area contributed by atoms with Gasteiger partial charge in [-0.25, -0.2) is 23.3 Å². The number of carbonyl (C=O) groups is 2. The van der Waals surface area contributed by atoms with Gasteiger partial charge in [0, 0.05) is 22.1 Å². The van der Waals surface area contributed by atoms with Gasteiger partial charge in [0.15, 0.2) is 15.1 Å². The summed E-state index contributed by atoms with van der Waals surface area (Å²) in [6.45, 7) is 1.89. The number of aryl methyl sites for hydroxylation is 1. The van der Waals surface area contributed by atoms with E-state index < -0.39 is 21.0 Å². The predicted molar refractivity (Wildman–Crippen MR) is 148 cm³/mol. The molecule has 0 spiro atoms. The number of hydrogen-bond donors (Lipinski definition) is 3. The normalized spacial score (nSPS) is 13.9. The monoisotopic (exact) mass is 583 g/mol. The number of aromatic nitrogens is 5. The highest BCUT2D eigenvalue weighted by atomic mass is 32.2. The molecule has 0 unspecified atom stereocenters. The number of amides is 2. The first-order chi connectivity index (χ1) is 18.8. The molecular formula is C25H25N7O4S3. The molecule has 14 heteroatoms. The van der Waals surface area contributed by atoms with E-state index in [0.29, 0.717) is 11.3 Å². The van der Waals surface area contributed by atoms with Crippen LogP contribution in [0.3, 0.4) is 0 Å². The Balaban J connectivity index is 1.38. The van der Waals surface area contributed by atoms with E-state index in [1.165, 1.54) is 11.8 Å². The maximum Gasteiger partial charge on any atom is 0.325 e. The van der Waals surface area contributed by atoms with E-state index in [2.05, 4.69) is 36.2 Å². The van der Waals surface area contributed by atoms with E-state index in [1.54, 1.807) is 12.1 Å². The number of ketones is 1. The largest absolute Gasteiger partial charge is 0.325 e. The van der Waals surface area contributed by atoms with Crippen molar-refractivity contribution in [2.75, 3.05) is 10.6 Å². The number of nitrogens with zero attached hydrogens (tertiary/aromatic N) is 4. The molecule has 0 saturated heterocycles. The Kier molecular flexibility index (Phi) is 8.04. The molecule has 202 valence electrons. The lowest BCUT2D eigenvalue weighted by molar-refractivity contribution is 0.0923. The highest BCUT2D eigenvalue weighted by Gasteiger charge is 2.30. The zero-order chi connectivity index (χ0) is 27.4. The van der Waals surface area contributed by atoms with Crippen molar-refractivity contribution in [1.29, 1.82) is 0 Å². The Morgan fingerprint density at radius 2 is 1.87 bits per heavy atom. The molecule has 11 nitrogen and oxygen atoms in total. The van der Waals surface area contributed by atoms with E-state index in [4.69, 9.17) is 0 Å². The van der Waals surface area contributed by atoms with Crippen LogP contribution in [0.2, 0.25) is 0 Å². The van der Waals surface area contributed by atoms with E-state index >= 15 is 0 Å². The van der Waals surface area contributed by atoms with Crippen molar-refractivity contribution in [3.63, 3.8) is 0 Å². The number of urea groups is 1. The summed E-state index contributed by atoms with van der Waals surface area (Å²) in [5.41, 5.74) is 2.04. The van der Waals surface area contributed by atoms with Gasteiger partial charge < -0.3 is 5.32 Å². The minimum absolute atomic E-state index is 0.0232. The molecule has 1 aliphatic rings. The number of thiazole rings is 1. The van der Waals surface area contributed by atoms with Gasteiger partial charge in [0.05, 0.1) is 11.4 Å². The van der Waals surface area contributed by atoms with Crippen LogP contribution in [0.25, 0.3) is 0 Å². The number of H-pyrrole nitrogens is 1. The van der Waals surface area contributed by atoms with Gasteiger partial charge in [0.2, 0.25) is 0 Å². The molecular weight excluding hydrogens is 559 g/mol. The Morgan fingerprint density at radius 1 is 1.10 bits per heavy atom. The molecule has 39 heavy (non-hydrogen) atoms. The zero-order valence-corrected chi connectivity index (χ0v) is 23.3. The SMILES string of the molecule is Cc1ccc(NC(=O)Nc2nc(CSc3ccccc3)c(S(=O)(=O)c3nnn[nH]3)s2)c(C(=O)C2CCCC2)c1. The molecule has 5 rings (SSSR count). The van der Waals surface area contributed by atoms with Gasteiger partial charge in [-0.2, -0.15) is 0 Å². The first kappa shape index (κ1) is 27.0. The lowest BCUT2D eigenvalue weighted by Crippen LogP contribution is -2.22. The fourth-order valence-corrected chi connectivity index (χ4v) is 7.92. The topological polar surface area (TPSA) is 160 Å². The van der Waals surface area contributed by atoms with Crippen molar-refractivity contribution in [1.82, 2.24) is 25.6 Å². The molecule has 2 heterocycles. The fourth-order valence-electron chi connectivity index (χ4n) is 4.34. The second kappa shape index (κ2) is 11.6. The highest BCUT2D eigenvalue weighted by molar-refractivity contribution is 7.98. The third-order valence-corrected chi connectivity index (χ3v) is 10.4. The van der Waals surface area contributed by atoms with Crippen LogP contribution < -0.4 is 10.6 Å². The van der Waals surface area contributed by atoms with Crippen molar-refractivity contribution in [3.8, 4) is 0 Å². The summed E-state index contributed by atoms with van der Waals surface area (Å²) < 4.78 is 26.4. The van der Waals surface area contributed by atoms with E-state index in [9.17, 15) is 18.0 Å². The second-order valence-electron chi connectivity index (χ2n) is 9.04. The van der Waals surface area contributed by atoms with Crippen LogP contribution >= 0.6 is 23.1 Å². The number of thioether (sulfide) groups is 1. The maximum absolute atomic E-state index is 13.2. The van der Waals surface area contributed by atoms with Crippen LogP contribution in [-0.2, 0) is 15.6 Å². The Morgan fingerprint density at radius 3 is 2.59 bits per heavy atom. The number of benzene rings is 2. The van der Waals surface area contributed by atoms with Crippen LogP contribution in [-0.4, -0.2) is 45.8 Å². The first-order valence-electron chi connectivity index (χ1n) is 12.2. The van der Waals surface area contributed by atoms with Crippen molar-refractivity contribution < 1.29 is 18.0 Å². The van der Waals surface area contributed by atoms with Crippen molar-refractivity contribution in [3.05, 3.63) is 65.4 Å². The maximum atomic E-state index is 13.2. The summed E-state index contributed by atoms with van der Waals surface area (Å²) in [6.07, 6.45) is 3.74. The van der Waals surface area contributed by atoms with Crippen LogP contribution in [0.4, 0.5) is 15.6 Å². The number of sulfone groups is 1. The molecule has 0 bridgehead atoms. The standard InChI is InChI=1S/C25H25N7O4S3/c1-15-11-12-19(18(13-15)21(33)16-7-5-6-8-16)26-23(34)28-24-27-20(14-37-17-9-3-2-4-10-17)22(38-24)39(35,36)25-29-31-32-30-25/h2-4,9-13,16H,5-8,14H2,1H3,(H2,26,27,28,34)(H,29,30,31,32). The molecule has 2 aromatic heterocycles. The van der Waals surface area contributed by atoms with E-state index in [-0.39, 0.29) is 32.5 Å². The number of aromatic amines is 1. The lowest BCUT2D eigenvalue weighted by atomic mass is 9.94. The van der Waals surface area contributed by atoms with E-state index in [0.717, 1.165) is 47.5 Å². The highest BCUT2D eigenvalue weighted by Crippen LogP contribution is 2.35. The number of nitrogens with one attached hydrogen (secondary N) is 3. The molecule has 0 radical (unpaired) electrons.